The van der Waals surface area contributed by atoms with E-state index in [-0.39, 0.29) is 0 Å². The zero-order chi connectivity index (χ0) is 4.71. The third-order valence-electron chi connectivity index (χ3n) is 0. The van der Waals surface area contributed by atoms with Crippen LogP contribution in [0.25, 0.3) is 0 Å². The van der Waals surface area contributed by atoms with E-state index in [1.54, 1.807) is 0 Å². The van der Waals surface area contributed by atoms with E-state index in [1.165, 1.54) is 6.42 Å². The van der Waals surface area contributed by atoms with Crippen molar-refractivity contribution in [1.82, 2.24) is 0 Å². The van der Waals surface area contributed by atoms with Gasteiger partial charge in [0.2, 0.25) is 0 Å². The van der Waals surface area contributed by atoms with Gasteiger partial charge in [-0.2, -0.15) is 0 Å². The Hall–Kier alpha value is 1.04. The topological polar surface area (TPSA) is 0 Å². The van der Waals surface area contributed by atoms with Crippen LogP contribution in [-0.4, -0.2) is 27.3 Å². The fourth-order valence-electron chi connectivity index (χ4n) is 0. The van der Waals surface area contributed by atoms with Crippen molar-refractivity contribution in [1.29, 1.82) is 0 Å². The molecular weight excluding hydrogens is 194 g/mol. The second-order valence-electron chi connectivity index (χ2n) is 0.707. The number of hydrogen-bond acceptors (Lipinski definition) is 0. The molecule has 0 saturated carbocycles. The van der Waals surface area contributed by atoms with Gasteiger partial charge in [0.25, 0.3) is 0 Å². The van der Waals surface area contributed by atoms with Crippen LogP contribution in [0.4, 0.5) is 0 Å². The third kappa shape index (κ3) is 43.1. The van der Waals surface area contributed by atoms with Crippen LogP contribution in [0.2, 0.25) is 0 Å². The van der Waals surface area contributed by atoms with E-state index in [9.17, 15) is 0 Å². The maximum absolute atomic E-state index is 2.62. The minimum atomic E-state index is 1.25. The van der Waals surface area contributed by atoms with Crippen LogP contribution in [0, 0.1) is 0 Å². The third-order valence-corrected chi connectivity index (χ3v) is 0. The molecule has 0 aromatic rings. The van der Waals surface area contributed by atoms with Gasteiger partial charge in [-0.1, -0.05) is 20.3 Å². The van der Waals surface area contributed by atoms with Crippen molar-refractivity contribution < 1.29 is 0 Å². The van der Waals surface area contributed by atoms with Gasteiger partial charge in [-0.15, -0.1) is 0 Å². The first-order valence-electron chi connectivity index (χ1n) is 1.62. The monoisotopic (exact) mass is 206 g/mol. The maximum atomic E-state index is 2.62. The van der Waals surface area contributed by atoms with Crippen molar-refractivity contribution in [2.45, 2.75) is 20.3 Å². The van der Waals surface area contributed by atoms with Crippen LogP contribution < -0.4 is 0 Å². The molecule has 0 unspecified atom stereocenters. The van der Waals surface area contributed by atoms with E-state index in [2.05, 4.69) is 27.5 Å². The Morgan fingerprint density at radius 3 is 1.40 bits per heavy atom. The van der Waals surface area contributed by atoms with E-state index in [0.717, 1.165) is 0 Å². The molecule has 0 spiro atoms. The quantitative estimate of drug-likeness (QED) is 0.491. The van der Waals surface area contributed by atoms with Gasteiger partial charge < -0.3 is 0 Å². The first kappa shape index (κ1) is 9.40. The van der Waals surface area contributed by atoms with E-state index >= 15 is 0 Å². The zero-order valence-corrected chi connectivity index (χ0v) is 7.43. The molecule has 0 saturated heterocycles. The molecule has 0 amide bonds. The van der Waals surface area contributed by atoms with Crippen LogP contribution in [0.3, 0.4) is 0 Å². The molecule has 0 nitrogen and oxygen atoms in total. The molecule has 34 valence electrons. The SMILES string of the molecule is CCC.[Se]=[SeH2]. The van der Waals surface area contributed by atoms with Crippen molar-refractivity contribution in [2.24, 2.45) is 0 Å². The summed E-state index contributed by atoms with van der Waals surface area (Å²) >= 11 is 4.50. The van der Waals surface area contributed by atoms with Gasteiger partial charge in [0.15, 0.2) is 0 Å². The first-order chi connectivity index (χ1) is 2.41. The van der Waals surface area contributed by atoms with Gasteiger partial charge in [0.05, 0.1) is 0 Å². The Morgan fingerprint density at radius 1 is 1.40 bits per heavy atom. The number of hydrogen-bond donors (Lipinski definition) is 0. The summed E-state index contributed by atoms with van der Waals surface area (Å²) in [6.07, 6.45) is 1.25. The standard InChI is InChI=1S/C3H8.H2Se2/c1-3-2;1-2/h3H2,1-2H3;1H2. The summed E-state index contributed by atoms with van der Waals surface area (Å²) in [6.45, 7) is 4.25. The van der Waals surface area contributed by atoms with Crippen LogP contribution in [0.15, 0.2) is 0 Å². The summed E-state index contributed by atoms with van der Waals surface area (Å²) in [5.41, 5.74) is 0. The summed E-state index contributed by atoms with van der Waals surface area (Å²) in [6, 6.07) is 0. The second kappa shape index (κ2) is 19.8. The molecule has 5 heavy (non-hydrogen) atoms. The van der Waals surface area contributed by atoms with E-state index in [4.69, 9.17) is 0 Å². The summed E-state index contributed by atoms with van der Waals surface area (Å²) < 4.78 is 0. The van der Waals surface area contributed by atoms with Crippen molar-refractivity contribution in [3.8, 4) is 0 Å². The van der Waals surface area contributed by atoms with Gasteiger partial charge >= 0.3 is 27.3 Å². The van der Waals surface area contributed by atoms with Crippen LogP contribution >= 0.6 is 0 Å². The molecular formula is C3H10Se2. The fraction of sp³-hybridized carbons (Fsp3) is 1.00. The zero-order valence-electron chi connectivity index (χ0n) is 3.62. The minimum absolute atomic E-state index is 1.25. The molecule has 0 heterocycles. The summed E-state index contributed by atoms with van der Waals surface area (Å²) in [4.78, 5) is 0. The first-order valence-corrected chi connectivity index (χ1v) is 6.93. The number of rotatable bonds is 0. The summed E-state index contributed by atoms with van der Waals surface area (Å²) in [7, 11) is 0. The van der Waals surface area contributed by atoms with Gasteiger partial charge in [0, 0.05) is 0 Å². The van der Waals surface area contributed by atoms with E-state index in [1.807, 2.05) is 13.7 Å². The molecule has 0 aromatic carbocycles. The fourth-order valence-corrected chi connectivity index (χ4v) is 0. The van der Waals surface area contributed by atoms with E-state index < -0.39 is 0 Å². The van der Waals surface area contributed by atoms with Gasteiger partial charge in [-0.25, -0.2) is 0 Å². The van der Waals surface area contributed by atoms with Crippen molar-refractivity contribution in [2.75, 3.05) is 0 Å². The van der Waals surface area contributed by atoms with Gasteiger partial charge in [0.1, 0.15) is 0 Å². The Balaban J connectivity index is 0. The molecule has 0 aromatic heterocycles. The average molecular weight is 204 g/mol. The normalized spacial score (nSPS) is 4.60. The molecule has 0 atom stereocenters. The Kier molecular flexibility index (Phi) is 37.2. The van der Waals surface area contributed by atoms with Crippen molar-refractivity contribution >= 4 is 27.3 Å². The molecule has 0 bridgehead atoms. The molecule has 0 radical (unpaired) electrons. The molecule has 0 N–H and O–H groups in total. The molecule has 0 aliphatic rings. The van der Waals surface area contributed by atoms with E-state index in [0.29, 0.717) is 0 Å². The average Bonchev–Trinajstić information content (AvgIpc) is 1.46. The Morgan fingerprint density at radius 2 is 1.40 bits per heavy atom. The second-order valence-corrected chi connectivity index (χ2v) is 0.707. The van der Waals surface area contributed by atoms with Crippen LogP contribution in [0.5, 0.6) is 0 Å². The molecule has 2 heteroatoms. The summed E-state index contributed by atoms with van der Waals surface area (Å²) in [5.74, 6) is 0. The van der Waals surface area contributed by atoms with Crippen LogP contribution in [0.1, 0.15) is 20.3 Å². The summed E-state index contributed by atoms with van der Waals surface area (Å²) in [5, 5.41) is 0. The molecule has 0 aliphatic heterocycles. The van der Waals surface area contributed by atoms with Crippen LogP contribution in [-0.2, 0) is 0 Å². The molecule has 0 fully saturated rings. The predicted molar refractivity (Wildman–Crippen MR) is 30.3 cm³/mol. The molecule has 0 aliphatic carbocycles. The van der Waals surface area contributed by atoms with Crippen molar-refractivity contribution in [3.63, 3.8) is 0 Å². The Labute approximate surface area is 47.8 Å². The van der Waals surface area contributed by atoms with Gasteiger partial charge in [-0.05, 0) is 0 Å². The van der Waals surface area contributed by atoms with Crippen molar-refractivity contribution in [3.05, 3.63) is 0 Å². The van der Waals surface area contributed by atoms with Gasteiger partial charge in [-0.3, -0.25) is 0 Å². The predicted octanol–water partition coefficient (Wildman–Crippen LogP) is 0.119. The Bertz CT molecular complexity index is 8.85. The molecule has 0 rings (SSSR count).